The molecule has 0 unspecified atom stereocenters. The summed E-state index contributed by atoms with van der Waals surface area (Å²) in [6.45, 7) is 1.79. The van der Waals surface area contributed by atoms with Crippen molar-refractivity contribution in [1.82, 2.24) is 0 Å². The Kier molecular flexibility index (Phi) is 3.48. The largest absolute Gasteiger partial charge is 0.465 e. The van der Waals surface area contributed by atoms with Crippen LogP contribution in [0.2, 0.25) is 0 Å². The summed E-state index contributed by atoms with van der Waals surface area (Å²) in [6, 6.07) is 0. The predicted molar refractivity (Wildman–Crippen MR) is 56.4 cm³/mol. The maximum Gasteiger partial charge on any atom is 0.340 e. The van der Waals surface area contributed by atoms with Crippen molar-refractivity contribution >= 4 is 27.3 Å². The monoisotopic (exact) mass is 249 g/mol. The van der Waals surface area contributed by atoms with Gasteiger partial charge in [-0.2, -0.15) is 0 Å². The maximum absolute atomic E-state index is 11.3. The van der Waals surface area contributed by atoms with Crippen molar-refractivity contribution in [3.8, 4) is 0 Å². The van der Waals surface area contributed by atoms with E-state index in [4.69, 9.17) is 5.14 Å². The van der Waals surface area contributed by atoms with Crippen molar-refractivity contribution in [2.75, 3.05) is 7.11 Å². The molecule has 5 nitrogen and oxygen atoms in total. The van der Waals surface area contributed by atoms with Gasteiger partial charge in [-0.05, 0) is 6.42 Å². The Bertz CT molecular complexity index is 475. The molecule has 0 saturated heterocycles. The molecule has 1 aromatic rings. The number of methoxy groups -OCH3 is 1. The van der Waals surface area contributed by atoms with Gasteiger partial charge in [-0.25, -0.2) is 18.4 Å². The van der Waals surface area contributed by atoms with E-state index in [0.717, 1.165) is 0 Å². The first-order chi connectivity index (χ1) is 6.91. The van der Waals surface area contributed by atoms with Crippen LogP contribution in [0, 0.1) is 0 Å². The summed E-state index contributed by atoms with van der Waals surface area (Å²) in [5, 5.41) is 6.49. The lowest BCUT2D eigenvalue weighted by molar-refractivity contribution is 0.0597. The first-order valence-electron chi connectivity index (χ1n) is 4.13. The molecule has 1 aromatic heterocycles. The van der Waals surface area contributed by atoms with Crippen LogP contribution < -0.4 is 5.14 Å². The van der Waals surface area contributed by atoms with Crippen LogP contribution in [0.5, 0.6) is 0 Å². The fourth-order valence-corrected chi connectivity index (χ4v) is 3.53. The molecule has 0 atom stereocenters. The van der Waals surface area contributed by atoms with Crippen molar-refractivity contribution in [2.45, 2.75) is 18.2 Å². The topological polar surface area (TPSA) is 86.5 Å². The Morgan fingerprint density at radius 1 is 1.60 bits per heavy atom. The number of carbonyl (C=O) groups excluding carboxylic acids is 1. The minimum Gasteiger partial charge on any atom is -0.465 e. The van der Waals surface area contributed by atoms with Crippen LogP contribution >= 0.6 is 11.3 Å². The number of hydrogen-bond donors (Lipinski definition) is 1. The molecule has 0 saturated carbocycles. The van der Waals surface area contributed by atoms with Crippen molar-refractivity contribution < 1.29 is 17.9 Å². The fraction of sp³-hybridized carbons (Fsp3) is 0.375. The SMILES string of the molecule is CCc1scc(C(=O)OC)c1S(N)(=O)=O. The van der Waals surface area contributed by atoms with Gasteiger partial charge in [0.1, 0.15) is 4.90 Å². The number of aryl methyl sites for hydroxylation is 1. The second-order valence-electron chi connectivity index (χ2n) is 2.79. The predicted octanol–water partition coefficient (Wildman–Crippen LogP) is 0.745. The van der Waals surface area contributed by atoms with Crippen LogP contribution in [-0.2, 0) is 21.2 Å². The number of hydrogen-bond acceptors (Lipinski definition) is 5. The second-order valence-corrected chi connectivity index (χ2v) is 5.25. The molecule has 15 heavy (non-hydrogen) atoms. The Morgan fingerprint density at radius 2 is 2.20 bits per heavy atom. The minimum atomic E-state index is -3.88. The molecule has 0 aliphatic rings. The lowest BCUT2D eigenvalue weighted by Gasteiger charge is -2.02. The average molecular weight is 249 g/mol. The summed E-state index contributed by atoms with van der Waals surface area (Å²) in [5.74, 6) is -0.685. The third-order valence-corrected chi connectivity index (χ3v) is 4.12. The summed E-state index contributed by atoms with van der Waals surface area (Å²) in [6.07, 6.45) is 0.507. The normalized spacial score (nSPS) is 11.4. The zero-order valence-electron chi connectivity index (χ0n) is 8.31. The highest BCUT2D eigenvalue weighted by atomic mass is 32.2. The summed E-state index contributed by atoms with van der Waals surface area (Å²) in [7, 11) is -2.69. The molecular weight excluding hydrogens is 238 g/mol. The van der Waals surface area contributed by atoms with Gasteiger partial charge in [-0.1, -0.05) is 6.92 Å². The van der Waals surface area contributed by atoms with E-state index in [1.54, 1.807) is 6.92 Å². The number of rotatable bonds is 3. The Hall–Kier alpha value is -0.920. The first-order valence-corrected chi connectivity index (χ1v) is 6.55. The molecule has 0 spiro atoms. The van der Waals surface area contributed by atoms with Gasteiger partial charge in [0.15, 0.2) is 0 Å². The molecule has 0 radical (unpaired) electrons. The number of esters is 1. The van der Waals surface area contributed by atoms with Gasteiger partial charge in [-0.15, -0.1) is 11.3 Å². The summed E-state index contributed by atoms with van der Waals surface area (Å²) >= 11 is 1.19. The van der Waals surface area contributed by atoms with E-state index >= 15 is 0 Å². The third kappa shape index (κ3) is 2.36. The molecule has 0 aromatic carbocycles. The smallest absolute Gasteiger partial charge is 0.340 e. The molecule has 0 aliphatic heterocycles. The standard InChI is InChI=1S/C8H11NO4S2/c1-3-6-7(15(9,11)12)5(4-14-6)8(10)13-2/h4H,3H2,1-2H3,(H2,9,11,12). The Morgan fingerprint density at radius 3 is 2.60 bits per heavy atom. The highest BCUT2D eigenvalue weighted by Crippen LogP contribution is 2.27. The molecule has 7 heteroatoms. The lowest BCUT2D eigenvalue weighted by atomic mass is 10.3. The molecule has 1 rings (SSSR count). The quantitative estimate of drug-likeness (QED) is 0.801. The zero-order valence-corrected chi connectivity index (χ0v) is 9.94. The number of ether oxygens (including phenoxy) is 1. The van der Waals surface area contributed by atoms with Gasteiger partial charge < -0.3 is 4.74 Å². The molecule has 0 amide bonds. The lowest BCUT2D eigenvalue weighted by Crippen LogP contribution is -2.17. The summed E-state index contributed by atoms with van der Waals surface area (Å²) in [4.78, 5) is 11.7. The first kappa shape index (κ1) is 12.2. The van der Waals surface area contributed by atoms with E-state index in [-0.39, 0.29) is 10.5 Å². The van der Waals surface area contributed by atoms with Gasteiger partial charge in [-0.3, -0.25) is 0 Å². The average Bonchev–Trinajstić information content (AvgIpc) is 2.59. The molecule has 0 bridgehead atoms. The van der Waals surface area contributed by atoms with Crippen LogP contribution in [0.1, 0.15) is 22.2 Å². The van der Waals surface area contributed by atoms with Crippen molar-refractivity contribution in [1.29, 1.82) is 0 Å². The van der Waals surface area contributed by atoms with Crippen LogP contribution in [0.3, 0.4) is 0 Å². The van der Waals surface area contributed by atoms with Gasteiger partial charge in [0, 0.05) is 10.3 Å². The fourth-order valence-electron chi connectivity index (χ4n) is 1.19. The molecule has 0 aliphatic carbocycles. The van der Waals surface area contributed by atoms with Crippen molar-refractivity contribution in [3.63, 3.8) is 0 Å². The van der Waals surface area contributed by atoms with E-state index in [1.165, 1.54) is 23.8 Å². The van der Waals surface area contributed by atoms with Crippen molar-refractivity contribution in [2.24, 2.45) is 5.14 Å². The van der Waals surface area contributed by atoms with E-state index in [9.17, 15) is 13.2 Å². The minimum absolute atomic E-state index is 0.0156. The Balaban J connectivity index is 3.43. The Labute approximate surface area is 91.9 Å². The van der Waals surface area contributed by atoms with Crippen molar-refractivity contribution in [3.05, 3.63) is 15.8 Å². The molecule has 1 heterocycles. The van der Waals surface area contributed by atoms with Crippen LogP contribution in [-0.4, -0.2) is 21.5 Å². The van der Waals surface area contributed by atoms with Crippen LogP contribution in [0.25, 0.3) is 0 Å². The van der Waals surface area contributed by atoms with Crippen LogP contribution in [0.4, 0.5) is 0 Å². The summed E-state index contributed by atoms with van der Waals surface area (Å²) in [5.41, 5.74) is 0.0156. The van der Waals surface area contributed by atoms with E-state index < -0.39 is 16.0 Å². The molecular formula is C8H11NO4S2. The maximum atomic E-state index is 11.3. The van der Waals surface area contributed by atoms with Gasteiger partial charge >= 0.3 is 5.97 Å². The third-order valence-electron chi connectivity index (χ3n) is 1.83. The number of primary sulfonamides is 1. The second kappa shape index (κ2) is 4.30. The van der Waals surface area contributed by atoms with Gasteiger partial charge in [0.25, 0.3) is 0 Å². The highest BCUT2D eigenvalue weighted by molar-refractivity contribution is 7.89. The summed E-state index contributed by atoms with van der Waals surface area (Å²) < 4.78 is 27.1. The van der Waals surface area contributed by atoms with E-state index in [2.05, 4.69) is 4.74 Å². The molecule has 84 valence electrons. The molecule has 0 fully saturated rings. The van der Waals surface area contributed by atoms with E-state index in [0.29, 0.717) is 11.3 Å². The molecule has 2 N–H and O–H groups in total. The van der Waals surface area contributed by atoms with Crippen LogP contribution in [0.15, 0.2) is 10.3 Å². The highest BCUT2D eigenvalue weighted by Gasteiger charge is 2.25. The number of carbonyl (C=O) groups is 1. The van der Waals surface area contributed by atoms with Gasteiger partial charge in [0.2, 0.25) is 10.0 Å². The number of sulfonamides is 1. The van der Waals surface area contributed by atoms with E-state index in [1.807, 2.05) is 0 Å². The number of nitrogens with two attached hydrogens (primary N) is 1. The number of thiophene rings is 1. The van der Waals surface area contributed by atoms with Gasteiger partial charge in [0.05, 0.1) is 12.7 Å². The zero-order chi connectivity index (χ0) is 11.6.